The summed E-state index contributed by atoms with van der Waals surface area (Å²) in [5.74, 6) is -0.226. The van der Waals surface area contributed by atoms with Crippen molar-refractivity contribution in [1.29, 1.82) is 0 Å². The maximum Gasteiger partial charge on any atom is 0.212 e. The van der Waals surface area contributed by atoms with E-state index in [4.69, 9.17) is 9.84 Å². The third-order valence-corrected chi connectivity index (χ3v) is 3.48. The largest absolute Gasteiger partial charge is 0.512 e. The van der Waals surface area contributed by atoms with E-state index in [0.717, 1.165) is 0 Å². The molecule has 1 fully saturated rings. The molecule has 3 aromatic heterocycles. The molecule has 8 nitrogen and oxygen atoms in total. The number of hydrogen-bond acceptors (Lipinski definition) is 6. The highest BCUT2D eigenvalue weighted by Gasteiger charge is 2.43. The van der Waals surface area contributed by atoms with E-state index in [2.05, 4.69) is 15.0 Å². The Hall–Kier alpha value is -2.68. The average molecular weight is 291 g/mol. The number of ether oxygens (including phenoxy) is 1. The van der Waals surface area contributed by atoms with Crippen molar-refractivity contribution < 1.29 is 19.3 Å². The first kappa shape index (κ1) is 12.1. The molecule has 3 atom stereocenters. The van der Waals surface area contributed by atoms with Crippen molar-refractivity contribution in [2.24, 2.45) is 0 Å². The van der Waals surface area contributed by atoms with Crippen LogP contribution in [0, 0.1) is 0 Å². The van der Waals surface area contributed by atoms with Gasteiger partial charge in [0.1, 0.15) is 18.9 Å². The normalized spacial score (nSPS) is 27.7. The zero-order valence-corrected chi connectivity index (χ0v) is 10.5. The summed E-state index contributed by atoms with van der Waals surface area (Å²) in [6.45, 7) is 0. The number of imidazole rings is 2. The Kier molecular flexibility index (Phi) is 2.39. The molecule has 0 aromatic carbocycles. The van der Waals surface area contributed by atoms with Gasteiger partial charge in [0, 0.05) is 12.4 Å². The van der Waals surface area contributed by atoms with Gasteiger partial charge in [-0.2, -0.15) is 0 Å². The van der Waals surface area contributed by atoms with Crippen LogP contribution in [0.3, 0.4) is 0 Å². The van der Waals surface area contributed by atoms with E-state index in [1.54, 1.807) is 16.8 Å². The van der Waals surface area contributed by atoms with Gasteiger partial charge < -0.3 is 14.9 Å². The lowest BCUT2D eigenvalue weighted by molar-refractivity contribution is 0.0394. The molecule has 0 radical (unpaired) electrons. The van der Waals surface area contributed by atoms with Crippen LogP contribution in [-0.2, 0) is 4.74 Å². The second-order valence-corrected chi connectivity index (χ2v) is 4.66. The molecule has 4 rings (SSSR count). The van der Waals surface area contributed by atoms with Crippen molar-refractivity contribution in [1.82, 2.24) is 23.9 Å². The molecule has 0 spiro atoms. The summed E-state index contributed by atoms with van der Waals surface area (Å²) in [6, 6.07) is 0. The highest BCUT2D eigenvalue weighted by atomic mass is 19.1. The Balaban J connectivity index is 1.88. The molecule has 1 saturated heterocycles. The number of nitrogens with zero attached hydrogens (tertiary/aromatic N) is 5. The fourth-order valence-electron chi connectivity index (χ4n) is 2.44. The quantitative estimate of drug-likeness (QED) is 0.641. The molecule has 0 aliphatic carbocycles. The third-order valence-electron chi connectivity index (χ3n) is 3.48. The number of rotatable bonds is 1. The molecule has 0 amide bonds. The van der Waals surface area contributed by atoms with Crippen LogP contribution in [0.1, 0.15) is 6.23 Å². The van der Waals surface area contributed by atoms with Gasteiger partial charge in [0.15, 0.2) is 34.8 Å². The maximum atomic E-state index is 14.1. The van der Waals surface area contributed by atoms with Crippen LogP contribution in [0.5, 0.6) is 0 Å². The van der Waals surface area contributed by atoms with Crippen LogP contribution in [0.2, 0.25) is 0 Å². The SMILES string of the molecule is O/C=C1\O[C@@H](n2cnc3c2ncn2ccnc32)[C@H](F)[C@@H]1O. The van der Waals surface area contributed by atoms with Gasteiger partial charge in [0.2, 0.25) is 6.23 Å². The second kappa shape index (κ2) is 4.16. The Morgan fingerprint density at radius 2 is 2.10 bits per heavy atom. The molecule has 2 N–H and O–H groups in total. The van der Waals surface area contributed by atoms with Gasteiger partial charge in [-0.05, 0) is 0 Å². The van der Waals surface area contributed by atoms with Crippen molar-refractivity contribution in [3.8, 4) is 0 Å². The van der Waals surface area contributed by atoms with Crippen molar-refractivity contribution >= 4 is 16.8 Å². The monoisotopic (exact) mass is 291 g/mol. The van der Waals surface area contributed by atoms with E-state index in [-0.39, 0.29) is 5.76 Å². The first-order chi connectivity index (χ1) is 10.2. The highest BCUT2D eigenvalue weighted by Crippen LogP contribution is 2.35. The molecule has 1 aliphatic heterocycles. The molecule has 0 unspecified atom stereocenters. The maximum absolute atomic E-state index is 14.1. The molecule has 9 heteroatoms. The smallest absolute Gasteiger partial charge is 0.212 e. The van der Waals surface area contributed by atoms with E-state index in [1.807, 2.05) is 0 Å². The van der Waals surface area contributed by atoms with Gasteiger partial charge in [-0.3, -0.25) is 8.97 Å². The van der Waals surface area contributed by atoms with Crippen molar-refractivity contribution in [2.75, 3.05) is 0 Å². The lowest BCUT2D eigenvalue weighted by Crippen LogP contribution is -2.23. The fourth-order valence-corrected chi connectivity index (χ4v) is 2.44. The van der Waals surface area contributed by atoms with E-state index < -0.39 is 18.5 Å². The van der Waals surface area contributed by atoms with Gasteiger partial charge in [0.25, 0.3) is 0 Å². The van der Waals surface area contributed by atoms with Crippen molar-refractivity contribution in [2.45, 2.75) is 18.5 Å². The minimum absolute atomic E-state index is 0.226. The topological polar surface area (TPSA) is 97.7 Å². The fraction of sp³-hybridized carbons (Fsp3) is 0.250. The molecule has 1 aliphatic rings. The molecule has 108 valence electrons. The van der Waals surface area contributed by atoms with Crippen LogP contribution in [0.4, 0.5) is 4.39 Å². The van der Waals surface area contributed by atoms with Crippen LogP contribution >= 0.6 is 0 Å². The number of alkyl halides is 1. The first-order valence-corrected chi connectivity index (χ1v) is 6.18. The molecule has 0 saturated carbocycles. The summed E-state index contributed by atoms with van der Waals surface area (Å²) < 4.78 is 22.4. The molecular weight excluding hydrogens is 281 g/mol. The van der Waals surface area contributed by atoms with Gasteiger partial charge in [-0.15, -0.1) is 0 Å². The minimum Gasteiger partial charge on any atom is -0.512 e. The summed E-state index contributed by atoms with van der Waals surface area (Å²) in [5.41, 5.74) is 1.47. The highest BCUT2D eigenvalue weighted by molar-refractivity contribution is 5.85. The van der Waals surface area contributed by atoms with Gasteiger partial charge in [0.05, 0.1) is 0 Å². The Labute approximate surface area is 116 Å². The molecule has 4 heterocycles. The van der Waals surface area contributed by atoms with Crippen molar-refractivity contribution in [3.05, 3.63) is 37.1 Å². The number of halogens is 1. The molecular formula is C12H10FN5O3. The summed E-state index contributed by atoms with van der Waals surface area (Å²) in [7, 11) is 0. The van der Waals surface area contributed by atoms with E-state index in [0.29, 0.717) is 23.1 Å². The lowest BCUT2D eigenvalue weighted by atomic mass is 10.2. The van der Waals surface area contributed by atoms with E-state index >= 15 is 0 Å². The summed E-state index contributed by atoms with van der Waals surface area (Å²) in [4.78, 5) is 12.6. The Bertz CT molecular complexity index is 857. The predicted octanol–water partition coefficient (Wildman–Crippen LogP) is 0.706. The van der Waals surface area contributed by atoms with Gasteiger partial charge in [-0.1, -0.05) is 0 Å². The Morgan fingerprint density at radius 3 is 2.86 bits per heavy atom. The second-order valence-electron chi connectivity index (χ2n) is 4.66. The first-order valence-electron chi connectivity index (χ1n) is 6.18. The molecule has 0 bridgehead atoms. The van der Waals surface area contributed by atoms with Crippen LogP contribution in [0.25, 0.3) is 16.8 Å². The number of fused-ring (bicyclic) bond motifs is 3. The summed E-state index contributed by atoms with van der Waals surface area (Å²) in [6.07, 6.45) is 2.38. The predicted molar refractivity (Wildman–Crippen MR) is 68.0 cm³/mol. The number of aliphatic hydroxyl groups is 2. The van der Waals surface area contributed by atoms with Crippen LogP contribution < -0.4 is 0 Å². The van der Waals surface area contributed by atoms with Crippen LogP contribution in [0.15, 0.2) is 37.1 Å². The number of aliphatic hydroxyl groups excluding tert-OH is 2. The standard InChI is InChI=1S/C12H10FN5O3/c13-7-9(20)6(3-19)21-12(7)18-5-15-8-10-14-1-2-17(10)4-16-11(8)18/h1-5,7,9,12,19-20H/b6-3-/t7-,9-,12-/m1/s1. The van der Waals surface area contributed by atoms with Crippen LogP contribution in [-0.4, -0.2) is 46.4 Å². The lowest BCUT2D eigenvalue weighted by Gasteiger charge is -2.14. The van der Waals surface area contributed by atoms with Crippen molar-refractivity contribution in [3.63, 3.8) is 0 Å². The van der Waals surface area contributed by atoms with Gasteiger partial charge >= 0.3 is 0 Å². The van der Waals surface area contributed by atoms with Gasteiger partial charge in [-0.25, -0.2) is 19.3 Å². The van der Waals surface area contributed by atoms with E-state index in [9.17, 15) is 9.50 Å². The average Bonchev–Trinajstić information content (AvgIpc) is 3.17. The van der Waals surface area contributed by atoms with E-state index in [1.165, 1.54) is 17.2 Å². The third kappa shape index (κ3) is 1.54. The number of hydrogen-bond donors (Lipinski definition) is 2. The summed E-state index contributed by atoms with van der Waals surface area (Å²) >= 11 is 0. The number of aromatic nitrogens is 5. The zero-order valence-electron chi connectivity index (χ0n) is 10.5. The Morgan fingerprint density at radius 1 is 1.24 bits per heavy atom. The molecule has 3 aromatic rings. The summed E-state index contributed by atoms with van der Waals surface area (Å²) in [5, 5.41) is 18.6. The zero-order chi connectivity index (χ0) is 14.6. The molecule has 21 heavy (non-hydrogen) atoms. The minimum atomic E-state index is -1.74.